The van der Waals surface area contributed by atoms with Crippen LogP contribution in [-0.4, -0.2) is 42.6 Å². The molecule has 26 heavy (non-hydrogen) atoms. The molecule has 0 spiro atoms. The summed E-state index contributed by atoms with van der Waals surface area (Å²) >= 11 is 1.61. The number of halogens is 3. The van der Waals surface area contributed by atoms with Crippen LogP contribution < -0.4 is 10.1 Å². The molecule has 1 aromatic carbocycles. The number of benzene rings is 1. The molecule has 1 aromatic heterocycles. The maximum absolute atomic E-state index is 13.5. The van der Waals surface area contributed by atoms with Crippen LogP contribution in [0.15, 0.2) is 28.6 Å². The Morgan fingerprint density at radius 2 is 2.15 bits per heavy atom. The quantitative estimate of drug-likeness (QED) is 0.274. The molecule has 2 rings (SSSR count). The van der Waals surface area contributed by atoms with Crippen LogP contribution in [0.5, 0.6) is 5.75 Å². The summed E-state index contributed by atoms with van der Waals surface area (Å²) in [5.74, 6) is -0.604. The summed E-state index contributed by atoms with van der Waals surface area (Å²) in [7, 11) is 1.93. The molecular weight excluding hydrogens is 473 g/mol. The second kappa shape index (κ2) is 11.3. The van der Waals surface area contributed by atoms with Gasteiger partial charge in [0.2, 0.25) is 0 Å². The van der Waals surface area contributed by atoms with E-state index in [1.165, 1.54) is 6.07 Å². The van der Waals surface area contributed by atoms with Gasteiger partial charge in [-0.2, -0.15) is 0 Å². The molecule has 1 heterocycles. The number of rotatable bonds is 7. The number of hydrogen-bond acceptors (Lipinski definition) is 4. The SMILES string of the molecule is CCNC(=NCCOc1ccc(F)cc1F)N(C)Cc1csc(C)n1.I. The first-order valence-corrected chi connectivity index (χ1v) is 8.86. The van der Waals surface area contributed by atoms with E-state index in [1.807, 2.05) is 31.2 Å². The molecule has 2 aromatic rings. The summed E-state index contributed by atoms with van der Waals surface area (Å²) in [6.45, 7) is 5.87. The lowest BCUT2D eigenvalue weighted by Crippen LogP contribution is -2.38. The number of nitrogens with zero attached hydrogens (tertiary/aromatic N) is 3. The second-order valence-corrected chi connectivity index (χ2v) is 6.44. The van der Waals surface area contributed by atoms with E-state index in [9.17, 15) is 8.78 Å². The van der Waals surface area contributed by atoms with Crippen molar-refractivity contribution in [3.8, 4) is 5.75 Å². The number of aliphatic imine (C=N–C) groups is 1. The van der Waals surface area contributed by atoms with Crippen molar-refractivity contribution >= 4 is 41.3 Å². The van der Waals surface area contributed by atoms with Gasteiger partial charge < -0.3 is 15.0 Å². The highest BCUT2D eigenvalue weighted by Gasteiger charge is 2.09. The van der Waals surface area contributed by atoms with Crippen molar-refractivity contribution in [2.75, 3.05) is 26.7 Å². The van der Waals surface area contributed by atoms with Gasteiger partial charge in [0.25, 0.3) is 0 Å². The van der Waals surface area contributed by atoms with Crippen LogP contribution in [0.1, 0.15) is 17.6 Å². The van der Waals surface area contributed by atoms with E-state index in [2.05, 4.69) is 15.3 Å². The molecule has 144 valence electrons. The Morgan fingerprint density at radius 3 is 2.77 bits per heavy atom. The highest BCUT2D eigenvalue weighted by molar-refractivity contribution is 14.0. The van der Waals surface area contributed by atoms with Crippen LogP contribution in [0.2, 0.25) is 0 Å². The van der Waals surface area contributed by atoms with Gasteiger partial charge in [0.05, 0.1) is 23.8 Å². The molecule has 0 aliphatic rings. The van der Waals surface area contributed by atoms with Gasteiger partial charge in [-0.15, -0.1) is 35.3 Å². The highest BCUT2D eigenvalue weighted by atomic mass is 127. The summed E-state index contributed by atoms with van der Waals surface area (Å²) in [4.78, 5) is 10.9. The average molecular weight is 496 g/mol. The Kier molecular flexibility index (Phi) is 9.78. The van der Waals surface area contributed by atoms with Crippen LogP contribution in [0.3, 0.4) is 0 Å². The average Bonchev–Trinajstić information content (AvgIpc) is 2.97. The van der Waals surface area contributed by atoms with Crippen molar-refractivity contribution in [3.63, 3.8) is 0 Å². The minimum atomic E-state index is -0.716. The van der Waals surface area contributed by atoms with Gasteiger partial charge in [0.15, 0.2) is 17.5 Å². The van der Waals surface area contributed by atoms with E-state index in [1.54, 1.807) is 11.3 Å². The fourth-order valence-corrected chi connectivity index (χ4v) is 2.77. The predicted octanol–water partition coefficient (Wildman–Crippen LogP) is 3.82. The molecule has 0 saturated heterocycles. The van der Waals surface area contributed by atoms with E-state index in [0.29, 0.717) is 13.1 Å². The third kappa shape index (κ3) is 7.02. The minimum Gasteiger partial charge on any atom is -0.489 e. The number of aryl methyl sites for hydroxylation is 1. The third-order valence-electron chi connectivity index (χ3n) is 3.27. The van der Waals surface area contributed by atoms with Gasteiger partial charge in [-0.25, -0.2) is 18.8 Å². The summed E-state index contributed by atoms with van der Waals surface area (Å²) in [5, 5.41) is 6.25. The molecule has 0 radical (unpaired) electrons. The van der Waals surface area contributed by atoms with Crippen molar-refractivity contribution in [1.29, 1.82) is 0 Å². The fraction of sp³-hybridized carbons (Fsp3) is 0.412. The molecule has 1 N–H and O–H groups in total. The van der Waals surface area contributed by atoms with Crippen LogP contribution in [0.4, 0.5) is 8.78 Å². The predicted molar refractivity (Wildman–Crippen MR) is 112 cm³/mol. The van der Waals surface area contributed by atoms with Crippen LogP contribution in [0, 0.1) is 18.6 Å². The first-order valence-electron chi connectivity index (χ1n) is 7.98. The monoisotopic (exact) mass is 496 g/mol. The Labute approximate surface area is 173 Å². The molecule has 5 nitrogen and oxygen atoms in total. The lowest BCUT2D eigenvalue weighted by molar-refractivity contribution is 0.309. The Bertz CT molecular complexity index is 727. The van der Waals surface area contributed by atoms with Gasteiger partial charge in [0.1, 0.15) is 12.4 Å². The third-order valence-corrected chi connectivity index (χ3v) is 4.09. The summed E-state index contributed by atoms with van der Waals surface area (Å²) < 4.78 is 31.7. The van der Waals surface area contributed by atoms with E-state index in [4.69, 9.17) is 4.74 Å². The Hall–Kier alpha value is -1.49. The Balaban J connectivity index is 0.00000338. The largest absolute Gasteiger partial charge is 0.489 e. The zero-order valence-electron chi connectivity index (χ0n) is 15.0. The van der Waals surface area contributed by atoms with Gasteiger partial charge in [-0.1, -0.05) is 0 Å². The van der Waals surface area contributed by atoms with Crippen LogP contribution in [0.25, 0.3) is 0 Å². The molecule has 0 aliphatic heterocycles. The highest BCUT2D eigenvalue weighted by Crippen LogP contribution is 2.17. The van der Waals surface area contributed by atoms with E-state index in [-0.39, 0.29) is 36.3 Å². The lowest BCUT2D eigenvalue weighted by Gasteiger charge is -2.21. The smallest absolute Gasteiger partial charge is 0.194 e. The molecule has 9 heteroatoms. The summed E-state index contributed by atoms with van der Waals surface area (Å²) in [6.07, 6.45) is 0. The second-order valence-electron chi connectivity index (χ2n) is 5.37. The van der Waals surface area contributed by atoms with Gasteiger partial charge in [-0.3, -0.25) is 0 Å². The first kappa shape index (κ1) is 22.6. The number of aromatic nitrogens is 1. The molecule has 0 saturated carbocycles. The summed E-state index contributed by atoms with van der Waals surface area (Å²) in [5.41, 5.74) is 0.986. The topological polar surface area (TPSA) is 49.8 Å². The fourth-order valence-electron chi connectivity index (χ4n) is 2.17. The number of guanidine groups is 1. The maximum atomic E-state index is 13.5. The van der Waals surface area contributed by atoms with Crippen molar-refractivity contribution < 1.29 is 13.5 Å². The number of nitrogens with one attached hydrogen (secondary N) is 1. The first-order chi connectivity index (χ1) is 12.0. The van der Waals surface area contributed by atoms with Gasteiger partial charge in [-0.05, 0) is 26.0 Å². The zero-order chi connectivity index (χ0) is 18.2. The standard InChI is InChI=1S/C17H22F2N4OS.HI/c1-4-20-17(23(3)10-14-11-25-12(2)22-14)21-7-8-24-16-6-5-13(18)9-15(16)19;/h5-6,9,11H,4,7-8,10H2,1-3H3,(H,20,21);1H. The molecule has 0 unspecified atom stereocenters. The molecule has 0 amide bonds. The van der Waals surface area contributed by atoms with Crippen molar-refractivity contribution in [2.45, 2.75) is 20.4 Å². The number of thiazole rings is 1. The van der Waals surface area contributed by atoms with Gasteiger partial charge in [0, 0.05) is 25.0 Å². The molecule has 0 bridgehead atoms. The van der Waals surface area contributed by atoms with E-state index in [0.717, 1.165) is 35.3 Å². The molecule has 0 fully saturated rings. The van der Waals surface area contributed by atoms with Gasteiger partial charge >= 0.3 is 0 Å². The zero-order valence-corrected chi connectivity index (χ0v) is 18.1. The van der Waals surface area contributed by atoms with Crippen LogP contribution >= 0.6 is 35.3 Å². The molecular formula is C17H23F2IN4OS. The Morgan fingerprint density at radius 1 is 1.38 bits per heavy atom. The maximum Gasteiger partial charge on any atom is 0.194 e. The van der Waals surface area contributed by atoms with E-state index >= 15 is 0 Å². The molecule has 0 aliphatic carbocycles. The van der Waals surface area contributed by atoms with Crippen molar-refractivity contribution in [3.05, 3.63) is 45.9 Å². The van der Waals surface area contributed by atoms with E-state index < -0.39 is 11.6 Å². The number of hydrogen-bond donors (Lipinski definition) is 1. The normalized spacial score (nSPS) is 11.0. The van der Waals surface area contributed by atoms with Crippen molar-refractivity contribution in [2.24, 2.45) is 4.99 Å². The number of ether oxygens (including phenoxy) is 1. The molecule has 0 atom stereocenters. The minimum absolute atomic E-state index is 0. The lowest BCUT2D eigenvalue weighted by atomic mass is 10.3. The summed E-state index contributed by atoms with van der Waals surface area (Å²) in [6, 6.07) is 3.23. The van der Waals surface area contributed by atoms with Crippen molar-refractivity contribution in [1.82, 2.24) is 15.2 Å². The van der Waals surface area contributed by atoms with Crippen LogP contribution in [-0.2, 0) is 6.54 Å².